The summed E-state index contributed by atoms with van der Waals surface area (Å²) < 4.78 is 27.2. The predicted octanol–water partition coefficient (Wildman–Crippen LogP) is 1.80. The van der Waals surface area contributed by atoms with Crippen LogP contribution < -0.4 is 5.32 Å². The van der Waals surface area contributed by atoms with Gasteiger partial charge in [-0.15, -0.1) is 11.3 Å². The molecular formula is C10H15BrN2O2S2. The van der Waals surface area contributed by atoms with Gasteiger partial charge in [-0.3, -0.25) is 0 Å². The molecule has 17 heavy (non-hydrogen) atoms. The van der Waals surface area contributed by atoms with Crippen LogP contribution in [0, 0.1) is 6.92 Å². The van der Waals surface area contributed by atoms with Gasteiger partial charge < -0.3 is 5.32 Å². The van der Waals surface area contributed by atoms with Crippen molar-refractivity contribution in [3.63, 3.8) is 0 Å². The van der Waals surface area contributed by atoms with Crippen LogP contribution >= 0.6 is 27.3 Å². The first-order valence-corrected chi connectivity index (χ1v) is 8.42. The number of aryl methyl sites for hydroxylation is 1. The normalized spacial score (nSPS) is 21.3. The Bertz CT molecular complexity index is 506. The molecule has 0 amide bonds. The molecule has 7 heteroatoms. The minimum atomic E-state index is -3.36. The second kappa shape index (κ2) is 4.97. The molecule has 1 aliphatic heterocycles. The maximum absolute atomic E-state index is 12.4. The van der Waals surface area contributed by atoms with Crippen molar-refractivity contribution in [2.24, 2.45) is 0 Å². The number of likely N-dealkylation sites (N-methyl/N-ethyl adjacent to an activating group) is 1. The topological polar surface area (TPSA) is 49.4 Å². The number of rotatable bonds is 3. The van der Waals surface area contributed by atoms with Gasteiger partial charge in [0.05, 0.1) is 8.68 Å². The van der Waals surface area contributed by atoms with Crippen LogP contribution in [-0.4, -0.2) is 38.9 Å². The van der Waals surface area contributed by atoms with Crippen LogP contribution in [0.5, 0.6) is 0 Å². The zero-order chi connectivity index (χ0) is 12.6. The SMILES string of the molecule is Cc1sc(Br)cc1S(=O)(=O)N(C)C1CCNC1. The first-order valence-electron chi connectivity index (χ1n) is 5.37. The molecule has 4 nitrogen and oxygen atoms in total. The van der Waals surface area contributed by atoms with Crippen molar-refractivity contribution < 1.29 is 8.42 Å². The first-order chi connectivity index (χ1) is 7.93. The van der Waals surface area contributed by atoms with Crippen LogP contribution in [0.25, 0.3) is 0 Å². The van der Waals surface area contributed by atoms with Gasteiger partial charge in [0.1, 0.15) is 0 Å². The summed E-state index contributed by atoms with van der Waals surface area (Å²) in [5.41, 5.74) is 0. The average molecular weight is 339 g/mol. The fourth-order valence-corrected chi connectivity index (χ4v) is 5.75. The summed E-state index contributed by atoms with van der Waals surface area (Å²) in [6.45, 7) is 3.46. The molecule has 0 bridgehead atoms. The van der Waals surface area contributed by atoms with E-state index in [0.717, 1.165) is 28.2 Å². The number of halogens is 1. The minimum absolute atomic E-state index is 0.0677. The van der Waals surface area contributed by atoms with E-state index in [2.05, 4.69) is 21.2 Å². The molecule has 1 aliphatic rings. The number of hydrogen-bond donors (Lipinski definition) is 1. The summed E-state index contributed by atoms with van der Waals surface area (Å²) in [5, 5.41) is 3.18. The van der Waals surface area contributed by atoms with Gasteiger partial charge in [-0.05, 0) is 41.9 Å². The van der Waals surface area contributed by atoms with E-state index in [1.165, 1.54) is 15.6 Å². The molecule has 1 fully saturated rings. The lowest BCUT2D eigenvalue weighted by atomic mass is 10.3. The molecule has 2 rings (SSSR count). The second-order valence-electron chi connectivity index (χ2n) is 4.14. The zero-order valence-corrected chi connectivity index (χ0v) is 13.0. The van der Waals surface area contributed by atoms with E-state index in [-0.39, 0.29) is 6.04 Å². The summed E-state index contributed by atoms with van der Waals surface area (Å²) in [5.74, 6) is 0. The molecule has 1 N–H and O–H groups in total. The van der Waals surface area contributed by atoms with E-state index >= 15 is 0 Å². The van der Waals surface area contributed by atoms with Crippen LogP contribution in [0.1, 0.15) is 11.3 Å². The van der Waals surface area contributed by atoms with Crippen LogP contribution in [0.3, 0.4) is 0 Å². The first kappa shape index (κ1) is 13.5. The third-order valence-corrected chi connectivity index (χ3v) is 6.77. The van der Waals surface area contributed by atoms with Crippen molar-refractivity contribution in [2.45, 2.75) is 24.3 Å². The summed E-state index contributed by atoms with van der Waals surface area (Å²) in [6, 6.07) is 1.76. The maximum Gasteiger partial charge on any atom is 0.244 e. The quantitative estimate of drug-likeness (QED) is 0.914. The molecule has 2 heterocycles. The summed E-state index contributed by atoms with van der Waals surface area (Å²) >= 11 is 4.78. The Morgan fingerprint density at radius 3 is 2.76 bits per heavy atom. The number of thiophene rings is 1. The maximum atomic E-state index is 12.4. The molecule has 1 aromatic rings. The smallest absolute Gasteiger partial charge is 0.244 e. The Morgan fingerprint density at radius 2 is 2.29 bits per heavy atom. The Labute approximate surface area is 114 Å². The van der Waals surface area contributed by atoms with Crippen molar-refractivity contribution >= 4 is 37.3 Å². The third kappa shape index (κ3) is 2.58. The Kier molecular flexibility index (Phi) is 3.94. The third-order valence-electron chi connectivity index (χ3n) is 3.05. The largest absolute Gasteiger partial charge is 0.315 e. The molecule has 1 unspecified atom stereocenters. The lowest BCUT2D eigenvalue weighted by Gasteiger charge is -2.22. The van der Waals surface area contributed by atoms with Crippen LogP contribution in [0.2, 0.25) is 0 Å². The molecular weight excluding hydrogens is 324 g/mol. The van der Waals surface area contributed by atoms with Gasteiger partial charge in [-0.2, -0.15) is 4.31 Å². The monoisotopic (exact) mass is 338 g/mol. The molecule has 1 saturated heterocycles. The standard InChI is InChI=1S/C10H15BrN2O2S2/c1-7-9(5-10(11)16-7)17(14,15)13(2)8-3-4-12-6-8/h5,8,12H,3-4,6H2,1-2H3. The zero-order valence-electron chi connectivity index (χ0n) is 9.73. The van der Waals surface area contributed by atoms with Crippen molar-refractivity contribution in [1.82, 2.24) is 9.62 Å². The number of hydrogen-bond acceptors (Lipinski definition) is 4. The second-order valence-corrected chi connectivity index (χ2v) is 8.74. The number of sulfonamides is 1. The molecule has 0 radical (unpaired) electrons. The van der Waals surface area contributed by atoms with Gasteiger partial charge in [0.25, 0.3) is 0 Å². The van der Waals surface area contributed by atoms with Crippen molar-refractivity contribution in [3.05, 3.63) is 14.7 Å². The van der Waals surface area contributed by atoms with Crippen molar-refractivity contribution in [2.75, 3.05) is 20.1 Å². The molecule has 1 aromatic heterocycles. The highest BCUT2D eigenvalue weighted by Crippen LogP contribution is 2.32. The van der Waals surface area contributed by atoms with E-state index in [1.807, 2.05) is 6.92 Å². The van der Waals surface area contributed by atoms with Crippen molar-refractivity contribution in [3.8, 4) is 0 Å². The Hall–Kier alpha value is 0.0500. The summed E-state index contributed by atoms with van der Waals surface area (Å²) in [4.78, 5) is 1.25. The van der Waals surface area contributed by atoms with E-state index in [4.69, 9.17) is 0 Å². The molecule has 0 spiro atoms. The summed E-state index contributed by atoms with van der Waals surface area (Å²) in [7, 11) is -1.69. The highest BCUT2D eigenvalue weighted by atomic mass is 79.9. The van der Waals surface area contributed by atoms with Gasteiger partial charge in [-0.1, -0.05) is 0 Å². The van der Waals surface area contributed by atoms with Gasteiger partial charge in [0, 0.05) is 24.5 Å². The van der Waals surface area contributed by atoms with Gasteiger partial charge >= 0.3 is 0 Å². The summed E-state index contributed by atoms with van der Waals surface area (Å²) in [6.07, 6.45) is 0.875. The molecule has 96 valence electrons. The molecule has 0 aromatic carbocycles. The molecule has 0 saturated carbocycles. The Morgan fingerprint density at radius 1 is 1.59 bits per heavy atom. The van der Waals surface area contributed by atoms with Crippen LogP contribution in [0.15, 0.2) is 14.7 Å². The van der Waals surface area contributed by atoms with Gasteiger partial charge in [0.15, 0.2) is 0 Å². The fraction of sp³-hybridized carbons (Fsp3) is 0.600. The average Bonchev–Trinajstić information content (AvgIpc) is 2.86. The van der Waals surface area contributed by atoms with E-state index in [1.54, 1.807) is 13.1 Å². The van der Waals surface area contributed by atoms with Gasteiger partial charge in [0.2, 0.25) is 10.0 Å². The number of nitrogens with one attached hydrogen (secondary N) is 1. The van der Waals surface area contributed by atoms with E-state index in [9.17, 15) is 8.42 Å². The molecule has 1 atom stereocenters. The van der Waals surface area contributed by atoms with E-state index < -0.39 is 10.0 Å². The van der Waals surface area contributed by atoms with Gasteiger partial charge in [-0.25, -0.2) is 8.42 Å². The van der Waals surface area contributed by atoms with Crippen LogP contribution in [0.4, 0.5) is 0 Å². The Balaban J connectivity index is 2.32. The minimum Gasteiger partial charge on any atom is -0.315 e. The number of nitrogens with zero attached hydrogens (tertiary/aromatic N) is 1. The molecule has 0 aliphatic carbocycles. The highest BCUT2D eigenvalue weighted by molar-refractivity contribution is 9.11. The van der Waals surface area contributed by atoms with E-state index in [0.29, 0.717) is 4.90 Å². The van der Waals surface area contributed by atoms with Crippen molar-refractivity contribution in [1.29, 1.82) is 0 Å². The lowest BCUT2D eigenvalue weighted by Crippen LogP contribution is -2.38. The highest BCUT2D eigenvalue weighted by Gasteiger charge is 2.31. The predicted molar refractivity (Wildman–Crippen MR) is 73.0 cm³/mol. The van der Waals surface area contributed by atoms with Crippen LogP contribution in [-0.2, 0) is 10.0 Å². The fourth-order valence-electron chi connectivity index (χ4n) is 1.99. The lowest BCUT2D eigenvalue weighted by molar-refractivity contribution is 0.387.